The second kappa shape index (κ2) is 6.35. The van der Waals surface area contributed by atoms with Gasteiger partial charge in [0.2, 0.25) is 0 Å². The number of nitrogens with one attached hydrogen (secondary N) is 1. The molecule has 1 unspecified atom stereocenters. The lowest BCUT2D eigenvalue weighted by atomic mass is 10.1. The van der Waals surface area contributed by atoms with Gasteiger partial charge in [-0.2, -0.15) is 0 Å². The summed E-state index contributed by atoms with van der Waals surface area (Å²) >= 11 is 0. The van der Waals surface area contributed by atoms with Crippen LogP contribution in [-0.4, -0.2) is 31.3 Å². The Labute approximate surface area is 125 Å². The predicted octanol–water partition coefficient (Wildman–Crippen LogP) is 2.28. The molecule has 1 saturated heterocycles. The average Bonchev–Trinajstić information content (AvgIpc) is 2.81. The van der Waals surface area contributed by atoms with Crippen molar-refractivity contribution in [3.05, 3.63) is 23.8 Å². The van der Waals surface area contributed by atoms with Crippen LogP contribution in [0.1, 0.15) is 32.8 Å². The lowest BCUT2D eigenvalue weighted by Gasteiger charge is -2.21. The number of carbonyl (C=O) groups is 1. The Morgan fingerprint density at radius 2 is 2.10 bits per heavy atom. The first-order chi connectivity index (χ1) is 9.89. The van der Waals surface area contributed by atoms with E-state index in [4.69, 9.17) is 14.2 Å². The van der Waals surface area contributed by atoms with Gasteiger partial charge in [-0.05, 0) is 38.5 Å². The zero-order chi connectivity index (χ0) is 15.5. The monoisotopic (exact) mass is 293 g/mol. The van der Waals surface area contributed by atoms with Crippen molar-refractivity contribution in [3.63, 3.8) is 0 Å². The Bertz CT molecular complexity index is 507. The number of esters is 1. The van der Waals surface area contributed by atoms with Crippen molar-refractivity contribution >= 4 is 5.97 Å². The predicted molar refractivity (Wildman–Crippen MR) is 79.6 cm³/mol. The number of hydrogen-bond donors (Lipinski definition) is 1. The maximum Gasteiger partial charge on any atom is 0.347 e. The number of methoxy groups -OCH3 is 1. The normalized spacial score (nSPS) is 18.5. The van der Waals surface area contributed by atoms with E-state index < -0.39 is 6.10 Å². The molecule has 2 rings (SSSR count). The van der Waals surface area contributed by atoms with Crippen molar-refractivity contribution in [2.75, 3.05) is 13.7 Å². The minimum absolute atomic E-state index is 0.0379. The zero-order valence-electron chi connectivity index (χ0n) is 13.1. The first-order valence-corrected chi connectivity index (χ1v) is 7.14. The van der Waals surface area contributed by atoms with Crippen LogP contribution in [0.5, 0.6) is 11.5 Å². The molecule has 5 nitrogen and oxygen atoms in total. The topological polar surface area (TPSA) is 56.8 Å². The highest BCUT2D eigenvalue weighted by molar-refractivity contribution is 5.77. The molecule has 116 valence electrons. The van der Waals surface area contributed by atoms with Crippen LogP contribution in [0.4, 0.5) is 0 Å². The Hall–Kier alpha value is -1.75. The molecule has 1 aliphatic heterocycles. The van der Waals surface area contributed by atoms with E-state index in [1.54, 1.807) is 7.11 Å². The van der Waals surface area contributed by atoms with E-state index in [2.05, 4.69) is 26.1 Å². The lowest BCUT2D eigenvalue weighted by Crippen LogP contribution is -2.35. The van der Waals surface area contributed by atoms with E-state index in [1.807, 2.05) is 18.2 Å². The summed E-state index contributed by atoms with van der Waals surface area (Å²) in [5.74, 6) is 0.888. The molecular weight excluding hydrogens is 270 g/mol. The summed E-state index contributed by atoms with van der Waals surface area (Å²) in [6.07, 6.45) is 0.0386. The Balaban J connectivity index is 2.12. The van der Waals surface area contributed by atoms with Gasteiger partial charge < -0.3 is 19.5 Å². The van der Waals surface area contributed by atoms with E-state index in [-0.39, 0.29) is 11.5 Å². The molecule has 0 amide bonds. The smallest absolute Gasteiger partial charge is 0.347 e. The largest absolute Gasteiger partial charge is 0.493 e. The molecule has 1 heterocycles. The molecule has 0 aliphatic carbocycles. The fraction of sp³-hybridized carbons (Fsp3) is 0.562. The molecule has 0 bridgehead atoms. The highest BCUT2D eigenvalue weighted by Gasteiger charge is 2.29. The van der Waals surface area contributed by atoms with Gasteiger partial charge in [0, 0.05) is 18.5 Å². The van der Waals surface area contributed by atoms with E-state index >= 15 is 0 Å². The van der Waals surface area contributed by atoms with Crippen molar-refractivity contribution in [3.8, 4) is 11.5 Å². The van der Waals surface area contributed by atoms with Crippen LogP contribution in [0.15, 0.2) is 18.2 Å². The van der Waals surface area contributed by atoms with E-state index in [1.165, 1.54) is 0 Å². The Morgan fingerprint density at radius 3 is 2.67 bits per heavy atom. The number of benzene rings is 1. The molecule has 0 aromatic heterocycles. The number of rotatable bonds is 5. The minimum atomic E-state index is -0.537. The molecule has 1 aromatic carbocycles. The number of ether oxygens (including phenoxy) is 3. The van der Waals surface area contributed by atoms with Crippen LogP contribution in [0.2, 0.25) is 0 Å². The molecule has 1 N–H and O–H groups in total. The van der Waals surface area contributed by atoms with Gasteiger partial charge >= 0.3 is 5.97 Å². The third-order valence-corrected chi connectivity index (χ3v) is 3.21. The molecule has 1 atom stereocenters. The van der Waals surface area contributed by atoms with E-state index in [0.717, 1.165) is 12.1 Å². The van der Waals surface area contributed by atoms with Crippen LogP contribution in [-0.2, 0) is 16.1 Å². The van der Waals surface area contributed by atoms with Crippen LogP contribution in [0.25, 0.3) is 0 Å². The molecular formula is C16H23NO4. The number of carbonyl (C=O) groups excluding carboxylic acids is 1. The van der Waals surface area contributed by atoms with Crippen molar-refractivity contribution in [2.45, 2.75) is 45.4 Å². The summed E-state index contributed by atoms with van der Waals surface area (Å²) in [6.45, 7) is 7.48. The van der Waals surface area contributed by atoms with E-state index in [0.29, 0.717) is 24.5 Å². The maximum absolute atomic E-state index is 11.5. The van der Waals surface area contributed by atoms with E-state index in [9.17, 15) is 4.79 Å². The number of hydrogen-bond acceptors (Lipinski definition) is 5. The van der Waals surface area contributed by atoms with Crippen molar-refractivity contribution in [1.29, 1.82) is 0 Å². The molecule has 5 heteroatoms. The first kappa shape index (κ1) is 15.6. The second-order valence-electron chi connectivity index (χ2n) is 6.15. The maximum atomic E-state index is 11.5. The molecule has 0 spiro atoms. The fourth-order valence-corrected chi connectivity index (χ4v) is 2.03. The van der Waals surface area contributed by atoms with Gasteiger partial charge in [0.05, 0.1) is 13.7 Å². The summed E-state index contributed by atoms with van der Waals surface area (Å²) in [4.78, 5) is 11.5. The summed E-state index contributed by atoms with van der Waals surface area (Å²) in [5.41, 5.74) is 1.11. The molecule has 1 fully saturated rings. The van der Waals surface area contributed by atoms with Gasteiger partial charge in [-0.25, -0.2) is 4.79 Å². The van der Waals surface area contributed by atoms with Gasteiger partial charge in [0.15, 0.2) is 17.6 Å². The quantitative estimate of drug-likeness (QED) is 0.844. The first-order valence-electron chi connectivity index (χ1n) is 7.14. The number of cyclic esters (lactones) is 1. The molecule has 1 aliphatic rings. The third kappa shape index (κ3) is 4.36. The van der Waals surface area contributed by atoms with Gasteiger partial charge in [-0.15, -0.1) is 0 Å². The van der Waals surface area contributed by atoms with Gasteiger partial charge in [-0.3, -0.25) is 0 Å². The fourth-order valence-electron chi connectivity index (χ4n) is 2.03. The van der Waals surface area contributed by atoms with Gasteiger partial charge in [-0.1, -0.05) is 6.07 Å². The molecule has 0 radical (unpaired) electrons. The van der Waals surface area contributed by atoms with Gasteiger partial charge in [0.25, 0.3) is 0 Å². The highest BCUT2D eigenvalue weighted by atomic mass is 16.6. The second-order valence-corrected chi connectivity index (χ2v) is 6.15. The van der Waals surface area contributed by atoms with Crippen molar-refractivity contribution in [1.82, 2.24) is 5.32 Å². The summed E-state index contributed by atoms with van der Waals surface area (Å²) in [7, 11) is 1.59. The Kier molecular flexibility index (Phi) is 4.73. The molecule has 1 aromatic rings. The van der Waals surface area contributed by atoms with Crippen molar-refractivity contribution in [2.24, 2.45) is 0 Å². The third-order valence-electron chi connectivity index (χ3n) is 3.21. The minimum Gasteiger partial charge on any atom is -0.493 e. The highest BCUT2D eigenvalue weighted by Crippen LogP contribution is 2.30. The standard InChI is InChI=1S/C16H23NO4/c1-16(2,3)17-10-11-5-6-12(19-4)14(9-11)21-13-7-8-20-15(13)18/h5-6,9,13,17H,7-8,10H2,1-4H3. The van der Waals surface area contributed by atoms with Crippen LogP contribution >= 0.6 is 0 Å². The summed E-state index contributed by atoms with van der Waals surface area (Å²) < 4.78 is 16.0. The average molecular weight is 293 g/mol. The van der Waals surface area contributed by atoms with Crippen LogP contribution < -0.4 is 14.8 Å². The van der Waals surface area contributed by atoms with Crippen molar-refractivity contribution < 1.29 is 19.0 Å². The van der Waals surface area contributed by atoms with Crippen LogP contribution in [0.3, 0.4) is 0 Å². The SMILES string of the molecule is COc1ccc(CNC(C)(C)C)cc1OC1CCOC1=O. The molecule has 0 saturated carbocycles. The molecule has 21 heavy (non-hydrogen) atoms. The van der Waals surface area contributed by atoms with Crippen LogP contribution in [0, 0.1) is 0 Å². The van der Waals surface area contributed by atoms with Gasteiger partial charge in [0.1, 0.15) is 0 Å². The lowest BCUT2D eigenvalue weighted by molar-refractivity contribution is -0.143. The summed E-state index contributed by atoms with van der Waals surface area (Å²) in [5, 5.41) is 3.42. The summed E-state index contributed by atoms with van der Waals surface area (Å²) in [6, 6.07) is 5.75. The Morgan fingerprint density at radius 1 is 1.33 bits per heavy atom. The zero-order valence-corrected chi connectivity index (χ0v) is 13.1.